The van der Waals surface area contributed by atoms with Gasteiger partial charge in [-0.2, -0.15) is 0 Å². The Hall–Kier alpha value is -2.92. The minimum atomic E-state index is -0.0784. The van der Waals surface area contributed by atoms with E-state index in [1.807, 2.05) is 76.8 Å². The monoisotopic (exact) mass is 333 g/mol. The molecule has 0 aliphatic rings. The maximum atomic E-state index is 12.3. The van der Waals surface area contributed by atoms with E-state index in [1.54, 1.807) is 0 Å². The molecule has 0 saturated heterocycles. The molecule has 24 heavy (non-hydrogen) atoms. The van der Waals surface area contributed by atoms with Crippen LogP contribution in [0, 0.1) is 0 Å². The number of carbonyl (C=O) groups is 1. The Morgan fingerprint density at radius 2 is 1.83 bits per heavy atom. The highest BCUT2D eigenvalue weighted by molar-refractivity contribution is 7.14. The highest BCUT2D eigenvalue weighted by Crippen LogP contribution is 2.24. The van der Waals surface area contributed by atoms with Crippen LogP contribution in [-0.2, 0) is 11.3 Å². The number of hydrogen-bond donors (Lipinski definition) is 1. The number of rotatable bonds is 4. The molecule has 4 rings (SSSR count). The zero-order valence-electron chi connectivity index (χ0n) is 12.8. The number of anilines is 1. The molecule has 4 nitrogen and oxygen atoms in total. The molecule has 0 radical (unpaired) electrons. The van der Waals surface area contributed by atoms with E-state index in [9.17, 15) is 4.79 Å². The normalized spacial score (nSPS) is 10.8. The third-order valence-corrected chi connectivity index (χ3v) is 4.57. The van der Waals surface area contributed by atoms with Gasteiger partial charge in [0.15, 0.2) is 5.13 Å². The standard InChI is InChI=1S/C19H15N3OS/c23-18(12-22-11-10-15-8-4-5-9-17(15)22)21-19-20-16(13-24-19)14-6-2-1-3-7-14/h1-11,13H,12H2,(H,20,21,23). The van der Waals surface area contributed by atoms with Crippen LogP contribution < -0.4 is 5.32 Å². The Bertz CT molecular complexity index is 988. The number of hydrogen-bond acceptors (Lipinski definition) is 3. The van der Waals surface area contributed by atoms with Crippen LogP contribution >= 0.6 is 11.3 Å². The lowest BCUT2D eigenvalue weighted by Crippen LogP contribution is -2.18. The molecule has 0 fully saturated rings. The fourth-order valence-electron chi connectivity index (χ4n) is 2.66. The van der Waals surface area contributed by atoms with Crippen LogP contribution in [0.3, 0.4) is 0 Å². The van der Waals surface area contributed by atoms with E-state index in [4.69, 9.17) is 0 Å². The Kier molecular flexibility index (Phi) is 3.84. The molecule has 2 aromatic heterocycles. The molecule has 0 bridgehead atoms. The third kappa shape index (κ3) is 2.94. The van der Waals surface area contributed by atoms with Crippen LogP contribution in [0.4, 0.5) is 5.13 Å². The minimum absolute atomic E-state index is 0.0784. The Morgan fingerprint density at radius 3 is 2.71 bits per heavy atom. The van der Waals surface area contributed by atoms with Gasteiger partial charge in [0.2, 0.25) is 5.91 Å². The van der Waals surface area contributed by atoms with E-state index in [0.717, 1.165) is 22.2 Å². The summed E-state index contributed by atoms with van der Waals surface area (Å²) in [6, 6.07) is 20.0. The maximum Gasteiger partial charge on any atom is 0.246 e. The predicted molar refractivity (Wildman–Crippen MR) is 98.1 cm³/mol. The van der Waals surface area contributed by atoms with E-state index < -0.39 is 0 Å². The van der Waals surface area contributed by atoms with E-state index >= 15 is 0 Å². The smallest absolute Gasteiger partial charge is 0.246 e. The number of para-hydroxylation sites is 1. The van der Waals surface area contributed by atoms with Crippen molar-refractivity contribution in [1.82, 2.24) is 9.55 Å². The van der Waals surface area contributed by atoms with Crippen LogP contribution in [-0.4, -0.2) is 15.5 Å². The summed E-state index contributed by atoms with van der Waals surface area (Å²) in [5.41, 5.74) is 2.98. The summed E-state index contributed by atoms with van der Waals surface area (Å²) < 4.78 is 1.94. The van der Waals surface area contributed by atoms with Crippen molar-refractivity contribution in [2.45, 2.75) is 6.54 Å². The summed E-state index contributed by atoms with van der Waals surface area (Å²) in [7, 11) is 0. The number of carbonyl (C=O) groups excluding carboxylic acids is 1. The van der Waals surface area contributed by atoms with Crippen LogP contribution in [0.2, 0.25) is 0 Å². The van der Waals surface area contributed by atoms with Crippen molar-refractivity contribution in [1.29, 1.82) is 0 Å². The second-order valence-electron chi connectivity index (χ2n) is 5.45. The molecule has 2 heterocycles. The number of amides is 1. The number of nitrogens with one attached hydrogen (secondary N) is 1. The first-order chi connectivity index (χ1) is 11.8. The number of thiazole rings is 1. The lowest BCUT2D eigenvalue weighted by Gasteiger charge is -2.05. The average Bonchev–Trinajstić information content (AvgIpc) is 3.23. The highest BCUT2D eigenvalue weighted by Gasteiger charge is 2.09. The number of nitrogens with zero attached hydrogens (tertiary/aromatic N) is 2. The molecule has 1 amide bonds. The van der Waals surface area contributed by atoms with Gasteiger partial charge in [-0.3, -0.25) is 4.79 Å². The Labute approximate surface area is 143 Å². The van der Waals surface area contributed by atoms with Gasteiger partial charge < -0.3 is 9.88 Å². The highest BCUT2D eigenvalue weighted by atomic mass is 32.1. The lowest BCUT2D eigenvalue weighted by atomic mass is 10.2. The van der Waals surface area contributed by atoms with Gasteiger partial charge in [0, 0.05) is 22.7 Å². The minimum Gasteiger partial charge on any atom is -0.338 e. The van der Waals surface area contributed by atoms with Gasteiger partial charge in [-0.25, -0.2) is 4.98 Å². The van der Waals surface area contributed by atoms with E-state index in [2.05, 4.69) is 10.3 Å². The number of aromatic nitrogens is 2. The van der Waals surface area contributed by atoms with E-state index in [1.165, 1.54) is 11.3 Å². The van der Waals surface area contributed by atoms with Crippen LogP contribution in [0.5, 0.6) is 0 Å². The largest absolute Gasteiger partial charge is 0.338 e. The third-order valence-electron chi connectivity index (χ3n) is 3.81. The average molecular weight is 333 g/mol. The van der Waals surface area contributed by atoms with Gasteiger partial charge in [0.25, 0.3) is 0 Å². The second kappa shape index (κ2) is 6.29. The quantitative estimate of drug-likeness (QED) is 0.601. The lowest BCUT2D eigenvalue weighted by molar-refractivity contribution is -0.116. The summed E-state index contributed by atoms with van der Waals surface area (Å²) in [5, 5.41) is 6.59. The first kappa shape index (κ1) is 14.7. The molecular weight excluding hydrogens is 318 g/mol. The van der Waals surface area contributed by atoms with Crippen molar-refractivity contribution >= 4 is 33.3 Å². The van der Waals surface area contributed by atoms with Crippen molar-refractivity contribution in [3.05, 3.63) is 72.2 Å². The Morgan fingerprint density at radius 1 is 1.04 bits per heavy atom. The van der Waals surface area contributed by atoms with Gasteiger partial charge >= 0.3 is 0 Å². The fraction of sp³-hybridized carbons (Fsp3) is 0.0526. The van der Waals surface area contributed by atoms with Crippen molar-refractivity contribution in [2.75, 3.05) is 5.32 Å². The SMILES string of the molecule is O=C(Cn1ccc2ccccc21)Nc1nc(-c2ccccc2)cs1. The maximum absolute atomic E-state index is 12.3. The van der Waals surface area contributed by atoms with Crippen molar-refractivity contribution in [3.8, 4) is 11.3 Å². The topological polar surface area (TPSA) is 46.9 Å². The summed E-state index contributed by atoms with van der Waals surface area (Å²) in [6.07, 6.45) is 1.93. The van der Waals surface area contributed by atoms with Crippen molar-refractivity contribution in [2.24, 2.45) is 0 Å². The molecule has 1 N–H and O–H groups in total. The summed E-state index contributed by atoms with van der Waals surface area (Å²) in [4.78, 5) is 16.8. The second-order valence-corrected chi connectivity index (χ2v) is 6.31. The van der Waals surface area contributed by atoms with E-state index in [-0.39, 0.29) is 12.5 Å². The first-order valence-electron chi connectivity index (χ1n) is 7.64. The Balaban J connectivity index is 1.48. The zero-order chi connectivity index (χ0) is 16.4. The van der Waals surface area contributed by atoms with Gasteiger partial charge in [-0.15, -0.1) is 11.3 Å². The molecule has 0 unspecified atom stereocenters. The fourth-order valence-corrected chi connectivity index (χ4v) is 3.40. The molecule has 0 aliphatic carbocycles. The van der Waals surface area contributed by atoms with Gasteiger partial charge in [0.1, 0.15) is 6.54 Å². The molecule has 4 aromatic rings. The number of benzene rings is 2. The van der Waals surface area contributed by atoms with Crippen molar-refractivity contribution in [3.63, 3.8) is 0 Å². The molecular formula is C19H15N3OS. The molecule has 0 saturated carbocycles. The summed E-state index contributed by atoms with van der Waals surface area (Å²) >= 11 is 1.44. The number of fused-ring (bicyclic) bond motifs is 1. The predicted octanol–water partition coefficient (Wildman–Crippen LogP) is 4.40. The van der Waals surface area contributed by atoms with Crippen LogP contribution in [0.1, 0.15) is 0 Å². The molecule has 0 atom stereocenters. The van der Waals surface area contributed by atoms with Gasteiger partial charge in [-0.1, -0.05) is 48.5 Å². The first-order valence-corrected chi connectivity index (χ1v) is 8.52. The summed E-state index contributed by atoms with van der Waals surface area (Å²) in [6.45, 7) is 0.272. The summed E-state index contributed by atoms with van der Waals surface area (Å²) in [5.74, 6) is -0.0784. The van der Waals surface area contributed by atoms with Gasteiger partial charge in [-0.05, 0) is 17.5 Å². The molecule has 0 spiro atoms. The zero-order valence-corrected chi connectivity index (χ0v) is 13.7. The molecule has 118 valence electrons. The van der Waals surface area contributed by atoms with E-state index in [0.29, 0.717) is 5.13 Å². The van der Waals surface area contributed by atoms with Crippen molar-refractivity contribution < 1.29 is 4.79 Å². The molecule has 5 heteroatoms. The van der Waals surface area contributed by atoms with Crippen LogP contribution in [0.15, 0.2) is 72.2 Å². The van der Waals surface area contributed by atoms with Crippen LogP contribution in [0.25, 0.3) is 22.2 Å². The van der Waals surface area contributed by atoms with Gasteiger partial charge in [0.05, 0.1) is 5.69 Å². The molecule has 2 aromatic carbocycles. The molecule has 0 aliphatic heterocycles.